The van der Waals surface area contributed by atoms with E-state index in [9.17, 15) is 22.8 Å². The maximum atomic E-state index is 13.2. The summed E-state index contributed by atoms with van der Waals surface area (Å²) in [6.07, 6.45) is -3.21. The molecule has 0 bridgehead atoms. The number of amides is 1. The Hall–Kier alpha value is -3.34. The van der Waals surface area contributed by atoms with Crippen LogP contribution in [0.2, 0.25) is 5.02 Å². The van der Waals surface area contributed by atoms with E-state index < -0.39 is 17.6 Å². The molecular weight excluding hydrogens is 451 g/mol. The smallest absolute Gasteiger partial charge is 0.420 e. The number of hydrogen-bond donors (Lipinski definition) is 0. The molecule has 0 N–H and O–H groups in total. The van der Waals surface area contributed by atoms with E-state index in [2.05, 4.69) is 10.1 Å². The third-order valence-electron chi connectivity index (χ3n) is 4.97. The van der Waals surface area contributed by atoms with E-state index in [4.69, 9.17) is 16.3 Å². The van der Waals surface area contributed by atoms with Gasteiger partial charge in [0, 0.05) is 18.1 Å². The quantitative estimate of drug-likeness (QED) is 0.576. The minimum Gasteiger partial charge on any atom is -0.491 e. The van der Waals surface area contributed by atoms with Crippen molar-refractivity contribution in [2.45, 2.75) is 19.6 Å². The van der Waals surface area contributed by atoms with Crippen LogP contribution in [0.3, 0.4) is 0 Å². The molecule has 1 aliphatic rings. The van der Waals surface area contributed by atoms with Crippen molar-refractivity contribution in [3.8, 4) is 11.4 Å². The molecule has 4 rings (SSSR count). The van der Waals surface area contributed by atoms with Crippen LogP contribution in [0.1, 0.15) is 21.9 Å². The van der Waals surface area contributed by atoms with Gasteiger partial charge >= 0.3 is 6.18 Å². The summed E-state index contributed by atoms with van der Waals surface area (Å²) in [5, 5.41) is 4.06. The molecule has 1 amide bonds. The third-order valence-corrected chi connectivity index (χ3v) is 5.21. The minimum absolute atomic E-state index is 0.0525. The summed E-state index contributed by atoms with van der Waals surface area (Å²) in [6.45, 7) is 2.03. The second-order valence-electron chi connectivity index (χ2n) is 7.08. The average Bonchev–Trinajstić information content (AvgIpc) is 3.16. The summed E-state index contributed by atoms with van der Waals surface area (Å²) in [5.41, 5.74) is -0.916. The van der Waals surface area contributed by atoms with Crippen molar-refractivity contribution in [2.75, 3.05) is 19.7 Å². The maximum Gasteiger partial charge on any atom is 0.420 e. The number of ether oxygens (including phenoxy) is 1. The van der Waals surface area contributed by atoms with Gasteiger partial charge in [-0.1, -0.05) is 11.6 Å². The van der Waals surface area contributed by atoms with Crippen LogP contribution in [0.5, 0.6) is 5.75 Å². The van der Waals surface area contributed by atoms with E-state index >= 15 is 0 Å². The van der Waals surface area contributed by atoms with Crippen molar-refractivity contribution < 1.29 is 22.7 Å². The minimum atomic E-state index is -4.62. The van der Waals surface area contributed by atoms with Crippen molar-refractivity contribution >= 4 is 17.5 Å². The van der Waals surface area contributed by atoms with E-state index in [-0.39, 0.29) is 54.0 Å². The van der Waals surface area contributed by atoms with E-state index in [1.807, 2.05) is 0 Å². The van der Waals surface area contributed by atoms with Crippen LogP contribution in [0.15, 0.2) is 41.5 Å². The Balaban J connectivity index is 1.47. The van der Waals surface area contributed by atoms with Crippen LogP contribution >= 0.6 is 11.6 Å². The van der Waals surface area contributed by atoms with E-state index in [1.165, 1.54) is 38.7 Å². The standard InChI is InChI=1S/C20H17ClF3N5O3/c1-12-25-11-29(26-12)16-4-3-15-18(30)27(6-7-28(15)19(16)31)8-9-32-17-5-2-13(21)10-14(17)20(22,23)24/h2-5,10-11H,6-9H2,1H3. The van der Waals surface area contributed by atoms with E-state index in [1.54, 1.807) is 6.92 Å². The molecule has 168 valence electrons. The molecule has 1 aliphatic heterocycles. The number of fused-ring (bicyclic) bond motifs is 1. The number of aromatic nitrogens is 4. The number of pyridine rings is 1. The lowest BCUT2D eigenvalue weighted by Gasteiger charge is -2.29. The normalized spacial score (nSPS) is 13.9. The summed E-state index contributed by atoms with van der Waals surface area (Å²) >= 11 is 5.66. The molecule has 12 heteroatoms. The number of rotatable bonds is 5. The Morgan fingerprint density at radius 2 is 1.94 bits per heavy atom. The van der Waals surface area contributed by atoms with E-state index in [0.29, 0.717) is 5.82 Å². The maximum absolute atomic E-state index is 13.2. The topological polar surface area (TPSA) is 82.3 Å². The molecule has 0 spiro atoms. The number of benzene rings is 1. The number of nitrogens with zero attached hydrogens (tertiary/aromatic N) is 5. The highest BCUT2D eigenvalue weighted by molar-refractivity contribution is 6.30. The van der Waals surface area contributed by atoms with Crippen LogP contribution in [-0.4, -0.2) is 49.8 Å². The molecule has 2 aromatic heterocycles. The molecule has 0 atom stereocenters. The largest absolute Gasteiger partial charge is 0.491 e. The number of hydrogen-bond acceptors (Lipinski definition) is 5. The average molecular weight is 468 g/mol. The summed E-state index contributed by atoms with van der Waals surface area (Å²) in [6, 6.07) is 6.24. The molecule has 0 saturated heterocycles. The SMILES string of the molecule is Cc1ncn(-c2ccc3n(c2=O)CCN(CCOc2ccc(Cl)cc2C(F)(F)F)C3=O)n1. The lowest BCUT2D eigenvalue weighted by molar-refractivity contribution is -0.139. The Labute approximate surface area is 184 Å². The van der Waals surface area contributed by atoms with Crippen molar-refractivity contribution in [2.24, 2.45) is 0 Å². The van der Waals surface area contributed by atoms with Gasteiger partial charge < -0.3 is 14.2 Å². The van der Waals surface area contributed by atoms with Gasteiger partial charge in [-0.2, -0.15) is 18.3 Å². The summed E-state index contributed by atoms with van der Waals surface area (Å²) in [7, 11) is 0. The van der Waals surface area contributed by atoms with Crippen molar-refractivity contribution in [3.05, 3.63) is 69.1 Å². The van der Waals surface area contributed by atoms with Gasteiger partial charge in [0.05, 0.1) is 12.1 Å². The Morgan fingerprint density at radius 1 is 1.16 bits per heavy atom. The molecule has 0 radical (unpaired) electrons. The fourth-order valence-corrected chi connectivity index (χ4v) is 3.60. The molecule has 0 aliphatic carbocycles. The molecule has 32 heavy (non-hydrogen) atoms. The molecule has 0 unspecified atom stereocenters. The van der Waals surface area contributed by atoms with Gasteiger partial charge in [-0.05, 0) is 37.3 Å². The van der Waals surface area contributed by atoms with Crippen molar-refractivity contribution in [1.29, 1.82) is 0 Å². The molecule has 8 nitrogen and oxygen atoms in total. The van der Waals surface area contributed by atoms with Crippen molar-refractivity contribution in [1.82, 2.24) is 24.2 Å². The van der Waals surface area contributed by atoms with Gasteiger partial charge in [-0.15, -0.1) is 0 Å². The summed E-state index contributed by atoms with van der Waals surface area (Å²) < 4.78 is 47.6. The monoisotopic (exact) mass is 467 g/mol. The highest BCUT2D eigenvalue weighted by Gasteiger charge is 2.35. The van der Waals surface area contributed by atoms with Crippen LogP contribution in [0.25, 0.3) is 5.69 Å². The molecule has 0 saturated carbocycles. The second-order valence-corrected chi connectivity index (χ2v) is 7.51. The van der Waals surface area contributed by atoms with Crippen molar-refractivity contribution in [3.63, 3.8) is 0 Å². The zero-order chi connectivity index (χ0) is 23.0. The van der Waals surface area contributed by atoms with E-state index in [0.717, 1.165) is 12.1 Å². The molecular formula is C20H17ClF3N5O3. The second kappa shape index (κ2) is 8.30. The molecule has 3 heterocycles. The fraction of sp³-hybridized carbons (Fsp3) is 0.300. The first-order valence-electron chi connectivity index (χ1n) is 9.56. The number of carbonyl (C=O) groups is 1. The first-order valence-corrected chi connectivity index (χ1v) is 9.94. The predicted octanol–water partition coefficient (Wildman–Crippen LogP) is 2.94. The Bertz CT molecular complexity index is 1240. The number of halogens is 4. The van der Waals surface area contributed by atoms with Crippen LogP contribution in [-0.2, 0) is 12.7 Å². The van der Waals surface area contributed by atoms with Gasteiger partial charge in [0.2, 0.25) is 0 Å². The van der Waals surface area contributed by atoms with Crippen LogP contribution < -0.4 is 10.3 Å². The fourth-order valence-electron chi connectivity index (χ4n) is 3.42. The molecule has 1 aromatic carbocycles. The third kappa shape index (κ3) is 4.20. The zero-order valence-corrected chi connectivity index (χ0v) is 17.5. The van der Waals surface area contributed by atoms with Gasteiger partial charge in [0.25, 0.3) is 11.5 Å². The number of aryl methyl sites for hydroxylation is 1. The van der Waals surface area contributed by atoms with Gasteiger partial charge in [0.1, 0.15) is 35.9 Å². The lowest BCUT2D eigenvalue weighted by Crippen LogP contribution is -2.46. The van der Waals surface area contributed by atoms with Crippen LogP contribution in [0, 0.1) is 6.92 Å². The highest BCUT2D eigenvalue weighted by Crippen LogP contribution is 2.37. The summed E-state index contributed by atoms with van der Waals surface area (Å²) in [5.74, 6) is -0.273. The summed E-state index contributed by atoms with van der Waals surface area (Å²) in [4.78, 5) is 31.0. The molecule has 0 fully saturated rings. The first-order chi connectivity index (χ1) is 15.1. The first kappa shape index (κ1) is 21.9. The molecule has 3 aromatic rings. The number of carbonyl (C=O) groups excluding carboxylic acids is 1. The van der Waals surface area contributed by atoms with Gasteiger partial charge in [-0.3, -0.25) is 9.59 Å². The zero-order valence-electron chi connectivity index (χ0n) is 16.8. The van der Waals surface area contributed by atoms with Crippen LogP contribution in [0.4, 0.5) is 13.2 Å². The Morgan fingerprint density at radius 3 is 2.62 bits per heavy atom. The Kier molecular flexibility index (Phi) is 5.68. The number of alkyl halides is 3. The van der Waals surface area contributed by atoms with Gasteiger partial charge in [0.15, 0.2) is 0 Å². The highest BCUT2D eigenvalue weighted by atomic mass is 35.5. The predicted molar refractivity (Wildman–Crippen MR) is 108 cm³/mol. The lowest BCUT2D eigenvalue weighted by atomic mass is 10.2. The van der Waals surface area contributed by atoms with Gasteiger partial charge in [-0.25, -0.2) is 9.67 Å².